The van der Waals surface area contributed by atoms with Crippen molar-refractivity contribution in [2.24, 2.45) is 5.92 Å². The molecule has 1 heterocycles. The fourth-order valence-corrected chi connectivity index (χ4v) is 2.16. The van der Waals surface area contributed by atoms with Gasteiger partial charge in [-0.05, 0) is 18.1 Å². The minimum absolute atomic E-state index is 0.559. The molecule has 1 aliphatic carbocycles. The van der Waals surface area contributed by atoms with Crippen molar-refractivity contribution in [1.29, 1.82) is 0 Å². The number of hydrogen-bond donors (Lipinski definition) is 1. The van der Waals surface area contributed by atoms with Gasteiger partial charge in [-0.25, -0.2) is 9.97 Å². The Morgan fingerprint density at radius 2 is 2.15 bits per heavy atom. The summed E-state index contributed by atoms with van der Waals surface area (Å²) in [6.45, 7) is 0. The molecule has 70 valence electrons. The monoisotopic (exact) mass is 195 g/mol. The Morgan fingerprint density at radius 3 is 2.85 bits per heavy atom. The lowest BCUT2D eigenvalue weighted by Gasteiger charge is -2.01. The van der Waals surface area contributed by atoms with Crippen molar-refractivity contribution in [3.8, 4) is 0 Å². The number of anilines is 1. The average Bonchev–Trinajstić information content (AvgIpc) is 2.92. The molecule has 4 heteroatoms. The maximum Gasteiger partial charge on any atom is 0.156 e. The number of hydrogen-bond acceptors (Lipinski definition) is 4. The Balaban J connectivity index is 1.82. The lowest BCUT2D eigenvalue weighted by Crippen LogP contribution is -1.95. The maximum absolute atomic E-state index is 5.66. The highest BCUT2D eigenvalue weighted by atomic mass is 32.2. The van der Waals surface area contributed by atoms with E-state index in [1.807, 2.05) is 0 Å². The van der Waals surface area contributed by atoms with E-state index in [0.717, 1.165) is 16.7 Å². The first-order valence-electron chi connectivity index (χ1n) is 4.55. The zero-order valence-corrected chi connectivity index (χ0v) is 8.26. The molecule has 2 rings (SSSR count). The van der Waals surface area contributed by atoms with Crippen molar-refractivity contribution in [3.63, 3.8) is 0 Å². The van der Waals surface area contributed by atoms with Crippen LogP contribution in [0.5, 0.6) is 0 Å². The molecule has 1 aromatic heterocycles. The van der Waals surface area contributed by atoms with Gasteiger partial charge in [-0.3, -0.25) is 0 Å². The van der Waals surface area contributed by atoms with Gasteiger partial charge in [0.2, 0.25) is 0 Å². The number of nitrogen functional groups attached to an aromatic ring is 1. The third-order valence-corrected chi connectivity index (χ3v) is 3.18. The van der Waals surface area contributed by atoms with Gasteiger partial charge in [-0.2, -0.15) is 0 Å². The highest BCUT2D eigenvalue weighted by Gasteiger charge is 2.20. The van der Waals surface area contributed by atoms with Gasteiger partial charge >= 0.3 is 0 Å². The van der Waals surface area contributed by atoms with Crippen LogP contribution in [0.1, 0.15) is 19.3 Å². The highest BCUT2D eigenvalue weighted by molar-refractivity contribution is 7.99. The molecule has 0 aromatic carbocycles. The second-order valence-electron chi connectivity index (χ2n) is 3.33. The van der Waals surface area contributed by atoms with Crippen LogP contribution in [-0.4, -0.2) is 15.7 Å². The third kappa shape index (κ3) is 2.59. The molecule has 0 unspecified atom stereocenters. The molecular weight excluding hydrogens is 182 g/mol. The van der Waals surface area contributed by atoms with Crippen LogP contribution in [0, 0.1) is 5.92 Å². The predicted octanol–water partition coefficient (Wildman–Crippen LogP) is 1.95. The van der Waals surface area contributed by atoms with Gasteiger partial charge in [0.15, 0.2) is 5.82 Å². The SMILES string of the molecule is Nc1nccnc1SCCC1CC1. The molecule has 1 fully saturated rings. The van der Waals surface area contributed by atoms with E-state index in [1.165, 1.54) is 19.3 Å². The summed E-state index contributed by atoms with van der Waals surface area (Å²) in [4.78, 5) is 8.16. The molecule has 0 bridgehead atoms. The minimum Gasteiger partial charge on any atom is -0.381 e. The number of aromatic nitrogens is 2. The smallest absolute Gasteiger partial charge is 0.156 e. The normalized spacial score (nSPS) is 16.0. The largest absolute Gasteiger partial charge is 0.381 e. The van der Waals surface area contributed by atoms with E-state index in [0.29, 0.717) is 5.82 Å². The molecule has 0 aliphatic heterocycles. The van der Waals surface area contributed by atoms with Gasteiger partial charge in [-0.15, -0.1) is 11.8 Å². The first kappa shape index (κ1) is 8.81. The number of nitrogens with two attached hydrogens (primary N) is 1. The van der Waals surface area contributed by atoms with Gasteiger partial charge in [0, 0.05) is 12.4 Å². The topological polar surface area (TPSA) is 51.8 Å². The molecule has 1 aliphatic rings. The van der Waals surface area contributed by atoms with E-state index in [4.69, 9.17) is 5.73 Å². The van der Waals surface area contributed by atoms with Crippen LogP contribution in [0.2, 0.25) is 0 Å². The van der Waals surface area contributed by atoms with Crippen molar-refractivity contribution >= 4 is 17.6 Å². The molecule has 13 heavy (non-hydrogen) atoms. The summed E-state index contributed by atoms with van der Waals surface area (Å²) in [5, 5.41) is 0.878. The molecule has 0 amide bonds. The van der Waals surface area contributed by atoms with Gasteiger partial charge in [0.05, 0.1) is 0 Å². The van der Waals surface area contributed by atoms with Crippen molar-refractivity contribution in [1.82, 2.24) is 9.97 Å². The fraction of sp³-hybridized carbons (Fsp3) is 0.556. The minimum atomic E-state index is 0.559. The molecule has 1 saturated carbocycles. The molecule has 0 atom stereocenters. The average molecular weight is 195 g/mol. The van der Waals surface area contributed by atoms with Crippen molar-refractivity contribution in [3.05, 3.63) is 12.4 Å². The molecule has 1 aromatic rings. The second-order valence-corrected chi connectivity index (χ2v) is 4.41. The second kappa shape index (κ2) is 3.96. The molecule has 0 radical (unpaired) electrons. The first-order valence-corrected chi connectivity index (χ1v) is 5.54. The summed E-state index contributed by atoms with van der Waals surface area (Å²) in [6.07, 6.45) is 7.43. The summed E-state index contributed by atoms with van der Waals surface area (Å²) < 4.78 is 0. The summed E-state index contributed by atoms with van der Waals surface area (Å²) in [5.74, 6) is 2.65. The van der Waals surface area contributed by atoms with Crippen LogP contribution < -0.4 is 5.73 Å². The summed E-state index contributed by atoms with van der Waals surface area (Å²) >= 11 is 1.72. The first-order chi connectivity index (χ1) is 6.36. The van der Waals surface area contributed by atoms with E-state index in [-0.39, 0.29) is 0 Å². The van der Waals surface area contributed by atoms with Crippen LogP contribution >= 0.6 is 11.8 Å². The van der Waals surface area contributed by atoms with E-state index in [1.54, 1.807) is 24.2 Å². The van der Waals surface area contributed by atoms with E-state index >= 15 is 0 Å². The lowest BCUT2D eigenvalue weighted by molar-refractivity contribution is 0.808. The van der Waals surface area contributed by atoms with Gasteiger partial charge < -0.3 is 5.73 Å². The molecular formula is C9H13N3S. The quantitative estimate of drug-likeness (QED) is 0.746. The highest BCUT2D eigenvalue weighted by Crippen LogP contribution is 2.34. The summed E-state index contributed by atoms with van der Waals surface area (Å²) in [5.41, 5.74) is 5.66. The van der Waals surface area contributed by atoms with E-state index in [2.05, 4.69) is 9.97 Å². The Labute approximate surface area is 82.2 Å². The third-order valence-electron chi connectivity index (χ3n) is 2.15. The Kier molecular flexibility index (Phi) is 2.68. The molecule has 0 spiro atoms. The lowest BCUT2D eigenvalue weighted by atomic mass is 10.3. The maximum atomic E-state index is 5.66. The standard InChI is InChI=1S/C9H13N3S/c10-8-9(12-5-4-11-8)13-6-3-7-1-2-7/h4-5,7H,1-3,6H2,(H2,10,11). The summed E-state index contributed by atoms with van der Waals surface area (Å²) in [6, 6.07) is 0. The van der Waals surface area contributed by atoms with Gasteiger partial charge in [0.25, 0.3) is 0 Å². The zero-order chi connectivity index (χ0) is 9.10. The molecule has 2 N–H and O–H groups in total. The van der Waals surface area contributed by atoms with Gasteiger partial charge in [-0.1, -0.05) is 12.8 Å². The van der Waals surface area contributed by atoms with E-state index in [9.17, 15) is 0 Å². The van der Waals surface area contributed by atoms with Crippen LogP contribution in [0.15, 0.2) is 17.4 Å². The van der Waals surface area contributed by atoms with Crippen molar-refractivity contribution in [2.75, 3.05) is 11.5 Å². The Bertz CT molecular complexity index is 286. The summed E-state index contributed by atoms with van der Waals surface area (Å²) in [7, 11) is 0. The predicted molar refractivity (Wildman–Crippen MR) is 54.5 cm³/mol. The Hall–Kier alpha value is -0.770. The Morgan fingerprint density at radius 1 is 1.38 bits per heavy atom. The van der Waals surface area contributed by atoms with Crippen molar-refractivity contribution < 1.29 is 0 Å². The van der Waals surface area contributed by atoms with Crippen LogP contribution in [-0.2, 0) is 0 Å². The van der Waals surface area contributed by atoms with Crippen LogP contribution in [0.25, 0.3) is 0 Å². The number of thioether (sulfide) groups is 1. The van der Waals surface area contributed by atoms with Crippen LogP contribution in [0.4, 0.5) is 5.82 Å². The van der Waals surface area contributed by atoms with E-state index < -0.39 is 0 Å². The molecule has 0 saturated heterocycles. The number of nitrogens with zero attached hydrogens (tertiary/aromatic N) is 2. The van der Waals surface area contributed by atoms with Crippen LogP contribution in [0.3, 0.4) is 0 Å². The number of rotatable bonds is 4. The zero-order valence-electron chi connectivity index (χ0n) is 7.44. The van der Waals surface area contributed by atoms with Crippen molar-refractivity contribution in [2.45, 2.75) is 24.3 Å². The fourth-order valence-electron chi connectivity index (χ4n) is 1.18. The van der Waals surface area contributed by atoms with Gasteiger partial charge in [0.1, 0.15) is 5.03 Å². The molecule has 3 nitrogen and oxygen atoms in total.